The van der Waals surface area contributed by atoms with Crippen molar-refractivity contribution in [2.45, 2.75) is 38.8 Å². The zero-order valence-electron chi connectivity index (χ0n) is 17.5. The van der Waals surface area contributed by atoms with E-state index in [1.165, 1.54) is 23.2 Å². The summed E-state index contributed by atoms with van der Waals surface area (Å²) in [6.07, 6.45) is 3.60. The van der Waals surface area contributed by atoms with Gasteiger partial charge in [0.25, 0.3) is 5.91 Å². The number of rotatable bonds is 4. The van der Waals surface area contributed by atoms with Gasteiger partial charge in [0, 0.05) is 23.7 Å². The fourth-order valence-corrected chi connectivity index (χ4v) is 4.20. The second kappa shape index (κ2) is 8.60. The van der Waals surface area contributed by atoms with Crippen LogP contribution in [0.5, 0.6) is 0 Å². The van der Waals surface area contributed by atoms with Crippen LogP contribution >= 0.6 is 0 Å². The number of nitrogens with two attached hydrogens (primary N) is 1. The topological polar surface area (TPSA) is 120 Å². The number of nitrogens with zero attached hydrogens (tertiary/aromatic N) is 5. The number of amides is 1. The van der Waals surface area contributed by atoms with E-state index in [0.717, 1.165) is 12.0 Å². The number of nitriles is 2. The van der Waals surface area contributed by atoms with Gasteiger partial charge in [0.1, 0.15) is 17.7 Å². The van der Waals surface area contributed by atoms with E-state index in [4.69, 9.17) is 11.0 Å². The number of halogens is 1. The van der Waals surface area contributed by atoms with Gasteiger partial charge in [0.2, 0.25) is 0 Å². The Morgan fingerprint density at radius 3 is 2.78 bits per heavy atom. The molecule has 0 saturated heterocycles. The minimum absolute atomic E-state index is 0.0827. The summed E-state index contributed by atoms with van der Waals surface area (Å²) in [6, 6.07) is 11.7. The number of aryl methyl sites for hydroxylation is 1. The average molecular weight is 428 g/mol. The number of hydrogen-bond acceptors (Lipinski definition) is 6. The second-order valence-electron chi connectivity index (χ2n) is 8.03. The second-order valence-corrected chi connectivity index (χ2v) is 8.03. The molecule has 1 amide bonds. The molecule has 1 aromatic carbocycles. The zero-order valence-corrected chi connectivity index (χ0v) is 17.5. The molecule has 2 atom stereocenters. The van der Waals surface area contributed by atoms with Crippen molar-refractivity contribution in [3.05, 3.63) is 64.7 Å². The first-order valence-electron chi connectivity index (χ1n) is 10.3. The maximum Gasteiger partial charge on any atom is 0.257 e. The third-order valence-electron chi connectivity index (χ3n) is 5.96. The molecular formula is C24H21FN6O. The number of carbonyl (C=O) groups excluding carboxylic acids is 1. The summed E-state index contributed by atoms with van der Waals surface area (Å²) in [5, 5.41) is 19.2. The molecule has 1 saturated carbocycles. The minimum Gasteiger partial charge on any atom is -0.383 e. The number of carbonyl (C=O) groups is 1. The van der Waals surface area contributed by atoms with Gasteiger partial charge in [-0.3, -0.25) is 9.78 Å². The van der Waals surface area contributed by atoms with Crippen molar-refractivity contribution >= 4 is 22.6 Å². The van der Waals surface area contributed by atoms with E-state index in [1.54, 1.807) is 25.1 Å². The first-order chi connectivity index (χ1) is 15.4. The highest BCUT2D eigenvalue weighted by Gasteiger charge is 2.36. The molecule has 0 radical (unpaired) electrons. The quantitative estimate of drug-likeness (QED) is 0.674. The van der Waals surface area contributed by atoms with Crippen molar-refractivity contribution in [2.75, 3.05) is 5.73 Å². The molecule has 0 aliphatic heterocycles. The molecule has 1 aliphatic carbocycles. The SMILES string of the molecule is Cc1cc2cc(C(=O)N(Cc3ccc(C#N)cn3)C3CCCC3C#N)c(F)cc2nc1N. The standard InChI is InChI=1S/C24H21FN6O/c1-14-7-17-8-19(20(25)9-21(17)30-23(14)28)24(32)31(22-4-2-3-16(22)11-27)13-18-6-5-15(10-26)12-29-18/h5-9,12,16,22H,2-4,13H2,1H3,(H2,28,30). The fraction of sp³-hybridized carbons (Fsp3) is 0.292. The largest absolute Gasteiger partial charge is 0.383 e. The Morgan fingerprint density at radius 1 is 1.28 bits per heavy atom. The third-order valence-corrected chi connectivity index (χ3v) is 5.96. The van der Waals surface area contributed by atoms with Gasteiger partial charge in [0.15, 0.2) is 0 Å². The van der Waals surface area contributed by atoms with E-state index in [-0.39, 0.29) is 24.1 Å². The van der Waals surface area contributed by atoms with Gasteiger partial charge in [-0.05, 0) is 56.0 Å². The van der Waals surface area contributed by atoms with Gasteiger partial charge in [-0.2, -0.15) is 10.5 Å². The van der Waals surface area contributed by atoms with Gasteiger partial charge < -0.3 is 10.6 Å². The Bertz CT molecular complexity index is 1270. The van der Waals surface area contributed by atoms with E-state index >= 15 is 4.39 Å². The summed E-state index contributed by atoms with van der Waals surface area (Å²) in [4.78, 5) is 23.6. The minimum atomic E-state index is -0.692. The molecule has 1 aliphatic rings. The van der Waals surface area contributed by atoms with Crippen LogP contribution < -0.4 is 5.73 Å². The molecule has 8 heteroatoms. The lowest BCUT2D eigenvalue weighted by molar-refractivity contribution is 0.0631. The van der Waals surface area contributed by atoms with Crippen LogP contribution in [0.3, 0.4) is 0 Å². The molecule has 0 spiro atoms. The number of nitrogen functional groups attached to an aromatic ring is 1. The summed E-state index contributed by atoms with van der Waals surface area (Å²) in [6.45, 7) is 1.91. The molecule has 2 N–H and O–H groups in total. The number of aromatic nitrogens is 2. The van der Waals surface area contributed by atoms with Crippen LogP contribution in [0.25, 0.3) is 10.9 Å². The summed E-state index contributed by atoms with van der Waals surface area (Å²) < 4.78 is 15.0. The van der Waals surface area contributed by atoms with E-state index in [1.807, 2.05) is 6.07 Å². The van der Waals surface area contributed by atoms with Crippen LogP contribution in [-0.4, -0.2) is 26.8 Å². The highest BCUT2D eigenvalue weighted by molar-refractivity contribution is 5.98. The van der Waals surface area contributed by atoms with Crippen LogP contribution in [0.2, 0.25) is 0 Å². The van der Waals surface area contributed by atoms with Crippen molar-refractivity contribution < 1.29 is 9.18 Å². The molecule has 2 aromatic heterocycles. The lowest BCUT2D eigenvalue weighted by atomic mass is 10.0. The van der Waals surface area contributed by atoms with Crippen LogP contribution in [0.4, 0.5) is 10.2 Å². The first-order valence-corrected chi connectivity index (χ1v) is 10.3. The number of pyridine rings is 2. The van der Waals surface area contributed by atoms with E-state index in [0.29, 0.717) is 40.8 Å². The predicted octanol–water partition coefficient (Wildman–Crippen LogP) is 3.87. The number of anilines is 1. The van der Waals surface area contributed by atoms with Crippen molar-refractivity contribution in [2.24, 2.45) is 5.92 Å². The highest BCUT2D eigenvalue weighted by Crippen LogP contribution is 2.32. The number of fused-ring (bicyclic) bond motifs is 1. The molecule has 3 aromatic rings. The maximum absolute atomic E-state index is 15.0. The predicted molar refractivity (Wildman–Crippen MR) is 116 cm³/mol. The van der Waals surface area contributed by atoms with E-state index < -0.39 is 11.7 Å². The molecule has 0 bridgehead atoms. The van der Waals surface area contributed by atoms with Crippen LogP contribution in [0.1, 0.15) is 46.4 Å². The summed E-state index contributed by atoms with van der Waals surface area (Å²) >= 11 is 0. The number of benzene rings is 1. The summed E-state index contributed by atoms with van der Waals surface area (Å²) in [5.41, 5.74) is 7.83. The molecular weight excluding hydrogens is 407 g/mol. The van der Waals surface area contributed by atoms with Gasteiger partial charge >= 0.3 is 0 Å². The third kappa shape index (κ3) is 3.95. The molecule has 7 nitrogen and oxygen atoms in total. The van der Waals surface area contributed by atoms with Gasteiger partial charge in [-0.25, -0.2) is 9.37 Å². The van der Waals surface area contributed by atoms with Crippen molar-refractivity contribution in [3.63, 3.8) is 0 Å². The molecule has 2 unspecified atom stereocenters. The van der Waals surface area contributed by atoms with E-state index in [9.17, 15) is 10.1 Å². The molecule has 2 heterocycles. The zero-order chi connectivity index (χ0) is 22.8. The van der Waals surface area contributed by atoms with Crippen molar-refractivity contribution in [3.8, 4) is 12.1 Å². The molecule has 1 fully saturated rings. The molecule has 160 valence electrons. The van der Waals surface area contributed by atoms with Crippen molar-refractivity contribution in [1.29, 1.82) is 10.5 Å². The lowest BCUT2D eigenvalue weighted by Gasteiger charge is -2.31. The Balaban J connectivity index is 1.75. The highest BCUT2D eigenvalue weighted by atomic mass is 19.1. The lowest BCUT2D eigenvalue weighted by Crippen LogP contribution is -2.42. The Morgan fingerprint density at radius 2 is 2.09 bits per heavy atom. The van der Waals surface area contributed by atoms with Crippen molar-refractivity contribution in [1.82, 2.24) is 14.9 Å². The Kier molecular flexibility index (Phi) is 5.70. The molecule has 4 rings (SSSR count). The monoisotopic (exact) mass is 428 g/mol. The van der Waals surface area contributed by atoms with Crippen LogP contribution in [0.15, 0.2) is 36.5 Å². The van der Waals surface area contributed by atoms with Crippen LogP contribution in [0, 0.1) is 41.3 Å². The Hall–Kier alpha value is -4.04. The van der Waals surface area contributed by atoms with Gasteiger partial charge in [-0.1, -0.05) is 0 Å². The Labute approximate surface area is 184 Å². The number of hydrogen-bond donors (Lipinski definition) is 1. The van der Waals surface area contributed by atoms with Gasteiger partial charge in [0.05, 0.1) is 40.9 Å². The fourth-order valence-electron chi connectivity index (χ4n) is 4.20. The smallest absolute Gasteiger partial charge is 0.257 e. The van der Waals surface area contributed by atoms with Crippen LogP contribution in [-0.2, 0) is 6.54 Å². The summed E-state index contributed by atoms with van der Waals surface area (Å²) in [5.74, 6) is -1.21. The molecule has 32 heavy (non-hydrogen) atoms. The summed E-state index contributed by atoms with van der Waals surface area (Å²) in [7, 11) is 0. The first kappa shape index (κ1) is 21.2. The van der Waals surface area contributed by atoms with Gasteiger partial charge in [-0.15, -0.1) is 0 Å². The maximum atomic E-state index is 15.0. The van der Waals surface area contributed by atoms with E-state index in [2.05, 4.69) is 16.0 Å². The normalized spacial score (nSPS) is 17.6. The average Bonchev–Trinajstić information content (AvgIpc) is 3.27.